The van der Waals surface area contributed by atoms with Gasteiger partial charge in [-0.2, -0.15) is 0 Å². The van der Waals surface area contributed by atoms with Gasteiger partial charge in [-0.05, 0) is 37.1 Å². The van der Waals surface area contributed by atoms with Crippen molar-refractivity contribution < 1.29 is 13.2 Å². The van der Waals surface area contributed by atoms with Crippen molar-refractivity contribution in [3.8, 4) is 0 Å². The van der Waals surface area contributed by atoms with Crippen LogP contribution < -0.4 is 11.1 Å². The summed E-state index contributed by atoms with van der Waals surface area (Å²) in [5.41, 5.74) is 6.00. The smallest absolute Gasteiger partial charge is 0.235 e. The Morgan fingerprint density at radius 1 is 1.30 bits per heavy atom. The predicted molar refractivity (Wildman–Crippen MR) is 82.9 cm³/mol. The largest absolute Gasteiger partial charge is 0.355 e. The third-order valence-corrected chi connectivity index (χ3v) is 4.55. The SMILES string of the molecule is NCCCCNC(=O)CS(=O)(=O)Cc1cccc(Br)c1. The van der Waals surface area contributed by atoms with Crippen LogP contribution in [-0.4, -0.2) is 33.2 Å². The highest BCUT2D eigenvalue weighted by Gasteiger charge is 2.17. The maximum absolute atomic E-state index is 11.9. The molecule has 0 saturated heterocycles. The molecule has 0 aromatic heterocycles. The maximum Gasteiger partial charge on any atom is 0.235 e. The molecule has 0 spiro atoms. The lowest BCUT2D eigenvalue weighted by Crippen LogP contribution is -2.31. The number of benzene rings is 1. The quantitative estimate of drug-likeness (QED) is 0.680. The molecule has 0 aliphatic rings. The van der Waals surface area contributed by atoms with Gasteiger partial charge in [0, 0.05) is 11.0 Å². The van der Waals surface area contributed by atoms with Crippen molar-refractivity contribution >= 4 is 31.7 Å². The van der Waals surface area contributed by atoms with Crippen LogP contribution in [-0.2, 0) is 20.4 Å². The molecule has 3 N–H and O–H groups in total. The summed E-state index contributed by atoms with van der Waals surface area (Å²) in [5, 5.41) is 2.59. The zero-order valence-electron chi connectivity index (χ0n) is 11.1. The minimum Gasteiger partial charge on any atom is -0.355 e. The second-order valence-electron chi connectivity index (χ2n) is 4.51. The van der Waals surface area contributed by atoms with E-state index in [0.29, 0.717) is 18.7 Å². The lowest BCUT2D eigenvalue weighted by molar-refractivity contribution is -0.118. The molecule has 5 nitrogen and oxygen atoms in total. The van der Waals surface area contributed by atoms with Gasteiger partial charge in [-0.25, -0.2) is 8.42 Å². The number of hydrogen-bond donors (Lipinski definition) is 2. The number of hydrogen-bond acceptors (Lipinski definition) is 4. The molecule has 0 saturated carbocycles. The molecular formula is C13H19BrN2O3S. The van der Waals surface area contributed by atoms with Gasteiger partial charge in [0.1, 0.15) is 5.75 Å². The lowest BCUT2D eigenvalue weighted by Gasteiger charge is -2.06. The molecule has 7 heteroatoms. The molecule has 0 aliphatic carbocycles. The molecule has 1 rings (SSSR count). The second-order valence-corrected chi connectivity index (χ2v) is 7.49. The average molecular weight is 363 g/mol. The molecule has 0 fully saturated rings. The van der Waals surface area contributed by atoms with E-state index < -0.39 is 21.5 Å². The third-order valence-electron chi connectivity index (χ3n) is 2.58. The lowest BCUT2D eigenvalue weighted by atomic mass is 10.2. The Morgan fingerprint density at radius 2 is 2.05 bits per heavy atom. The van der Waals surface area contributed by atoms with Gasteiger partial charge in [0.2, 0.25) is 5.91 Å². The Balaban J connectivity index is 2.47. The number of sulfone groups is 1. The van der Waals surface area contributed by atoms with E-state index >= 15 is 0 Å². The van der Waals surface area contributed by atoms with Gasteiger partial charge in [-0.1, -0.05) is 28.1 Å². The van der Waals surface area contributed by atoms with E-state index in [-0.39, 0.29) is 5.75 Å². The topological polar surface area (TPSA) is 89.3 Å². The molecule has 20 heavy (non-hydrogen) atoms. The first-order valence-electron chi connectivity index (χ1n) is 6.34. The molecule has 0 unspecified atom stereocenters. The van der Waals surface area contributed by atoms with E-state index in [2.05, 4.69) is 21.2 Å². The van der Waals surface area contributed by atoms with Gasteiger partial charge < -0.3 is 11.1 Å². The zero-order chi connectivity index (χ0) is 15.0. The molecular weight excluding hydrogens is 344 g/mol. The Morgan fingerprint density at radius 3 is 2.70 bits per heavy atom. The highest BCUT2D eigenvalue weighted by molar-refractivity contribution is 9.10. The highest BCUT2D eigenvalue weighted by atomic mass is 79.9. The molecule has 0 heterocycles. The fraction of sp³-hybridized carbons (Fsp3) is 0.462. The number of halogens is 1. The van der Waals surface area contributed by atoms with Crippen LogP contribution in [0.15, 0.2) is 28.7 Å². The molecule has 1 amide bonds. The molecule has 1 aromatic rings. The van der Waals surface area contributed by atoms with Crippen molar-refractivity contribution in [2.24, 2.45) is 5.73 Å². The van der Waals surface area contributed by atoms with Crippen molar-refractivity contribution in [1.82, 2.24) is 5.32 Å². The summed E-state index contributed by atoms with van der Waals surface area (Å²) in [5.74, 6) is -1.08. The monoisotopic (exact) mass is 362 g/mol. The molecule has 112 valence electrons. The normalized spacial score (nSPS) is 11.3. The minimum absolute atomic E-state index is 0.136. The van der Waals surface area contributed by atoms with Crippen LogP contribution in [0.5, 0.6) is 0 Å². The van der Waals surface area contributed by atoms with Crippen molar-refractivity contribution in [3.63, 3.8) is 0 Å². The Hall–Kier alpha value is -0.920. The van der Waals surface area contributed by atoms with E-state index in [1.807, 2.05) is 6.07 Å². The van der Waals surface area contributed by atoms with Crippen molar-refractivity contribution in [2.75, 3.05) is 18.8 Å². The molecule has 0 atom stereocenters. The van der Waals surface area contributed by atoms with Crippen LogP contribution in [0.3, 0.4) is 0 Å². The van der Waals surface area contributed by atoms with Gasteiger partial charge in [-0.15, -0.1) is 0 Å². The number of unbranched alkanes of at least 4 members (excludes halogenated alkanes) is 1. The number of nitrogens with two attached hydrogens (primary N) is 1. The van der Waals surface area contributed by atoms with Crippen molar-refractivity contribution in [1.29, 1.82) is 0 Å². The van der Waals surface area contributed by atoms with E-state index in [1.165, 1.54) is 0 Å². The van der Waals surface area contributed by atoms with Gasteiger partial charge in [0.15, 0.2) is 9.84 Å². The summed E-state index contributed by atoms with van der Waals surface area (Å²) in [6, 6.07) is 7.04. The highest BCUT2D eigenvalue weighted by Crippen LogP contribution is 2.14. The van der Waals surface area contributed by atoms with Gasteiger partial charge in [0.05, 0.1) is 5.75 Å². The maximum atomic E-state index is 11.9. The van der Waals surface area contributed by atoms with Crippen LogP contribution in [0.1, 0.15) is 18.4 Å². The summed E-state index contributed by atoms with van der Waals surface area (Å²) < 4.78 is 24.6. The zero-order valence-corrected chi connectivity index (χ0v) is 13.5. The number of rotatable bonds is 8. The van der Waals surface area contributed by atoms with Gasteiger partial charge >= 0.3 is 0 Å². The van der Waals surface area contributed by atoms with E-state index in [4.69, 9.17) is 5.73 Å². The Kier molecular flexibility index (Phi) is 7.18. The van der Waals surface area contributed by atoms with E-state index in [9.17, 15) is 13.2 Å². The number of carbonyl (C=O) groups excluding carboxylic acids is 1. The molecule has 0 aliphatic heterocycles. The first-order valence-corrected chi connectivity index (χ1v) is 8.96. The standard InChI is InChI=1S/C13H19BrN2O3S/c14-12-5-3-4-11(8-12)9-20(18,19)10-13(17)16-7-2-1-6-15/h3-5,8H,1-2,6-7,9-10,15H2,(H,16,17). The van der Waals surface area contributed by atoms with Crippen LogP contribution in [0, 0.1) is 0 Å². The molecule has 0 bridgehead atoms. The van der Waals surface area contributed by atoms with Crippen LogP contribution in [0.25, 0.3) is 0 Å². The number of nitrogens with one attached hydrogen (secondary N) is 1. The summed E-state index contributed by atoms with van der Waals surface area (Å²) >= 11 is 3.29. The van der Waals surface area contributed by atoms with Gasteiger partial charge in [-0.3, -0.25) is 4.79 Å². The molecule has 1 aromatic carbocycles. The van der Waals surface area contributed by atoms with Crippen molar-refractivity contribution in [2.45, 2.75) is 18.6 Å². The summed E-state index contributed by atoms with van der Waals surface area (Å²) in [6.45, 7) is 1.03. The Labute approximate surface area is 128 Å². The van der Waals surface area contributed by atoms with Crippen LogP contribution in [0.2, 0.25) is 0 Å². The van der Waals surface area contributed by atoms with E-state index in [1.54, 1.807) is 18.2 Å². The predicted octanol–water partition coefficient (Wildman–Crippen LogP) is 1.22. The number of amides is 1. The first kappa shape index (κ1) is 17.1. The van der Waals surface area contributed by atoms with E-state index in [0.717, 1.165) is 17.3 Å². The summed E-state index contributed by atoms with van der Waals surface area (Å²) in [4.78, 5) is 11.5. The van der Waals surface area contributed by atoms with Crippen LogP contribution in [0.4, 0.5) is 0 Å². The first-order chi connectivity index (χ1) is 9.43. The summed E-state index contributed by atoms with van der Waals surface area (Å²) in [6.07, 6.45) is 1.57. The van der Waals surface area contributed by atoms with Crippen LogP contribution >= 0.6 is 15.9 Å². The second kappa shape index (κ2) is 8.39. The Bertz CT molecular complexity index is 546. The van der Waals surface area contributed by atoms with Gasteiger partial charge in [0.25, 0.3) is 0 Å². The average Bonchev–Trinajstić information content (AvgIpc) is 2.33. The van der Waals surface area contributed by atoms with Crippen molar-refractivity contribution in [3.05, 3.63) is 34.3 Å². The summed E-state index contributed by atoms with van der Waals surface area (Å²) in [7, 11) is -3.45. The molecule has 0 radical (unpaired) electrons. The number of carbonyl (C=O) groups is 1. The third kappa shape index (κ3) is 7.02. The minimum atomic E-state index is -3.45. The fourth-order valence-electron chi connectivity index (χ4n) is 1.68. The fourth-order valence-corrected chi connectivity index (χ4v) is 3.42.